The van der Waals surface area contributed by atoms with Gasteiger partial charge in [0, 0.05) is 5.75 Å². The fourth-order valence-corrected chi connectivity index (χ4v) is 5.91. The molecule has 4 aromatic rings. The summed E-state index contributed by atoms with van der Waals surface area (Å²) in [5.41, 5.74) is 1.68. The van der Waals surface area contributed by atoms with Crippen LogP contribution in [0.15, 0.2) is 86.8 Å². The third-order valence-electron chi connectivity index (χ3n) is 5.89. The summed E-state index contributed by atoms with van der Waals surface area (Å²) in [5.74, 6) is 0.0427. The maximum Gasteiger partial charge on any atom is 0.296 e. The number of hydrogen-bond acceptors (Lipinski definition) is 9. The highest BCUT2D eigenvalue weighted by atomic mass is 32.2. The van der Waals surface area contributed by atoms with Crippen LogP contribution in [0.5, 0.6) is 5.75 Å². The minimum absolute atomic E-state index is 0.0444. The van der Waals surface area contributed by atoms with Gasteiger partial charge < -0.3 is 14.3 Å². The van der Waals surface area contributed by atoms with E-state index in [0.29, 0.717) is 33.8 Å². The molecule has 1 unspecified atom stereocenters. The summed E-state index contributed by atoms with van der Waals surface area (Å²) in [7, 11) is 0. The van der Waals surface area contributed by atoms with E-state index in [1.165, 1.54) is 34.1 Å². The first-order valence-electron chi connectivity index (χ1n) is 12.1. The van der Waals surface area contributed by atoms with E-state index < -0.39 is 23.5 Å². The molecule has 0 bridgehead atoms. The van der Waals surface area contributed by atoms with E-state index in [9.17, 15) is 14.7 Å². The fourth-order valence-electron chi connectivity index (χ4n) is 4.08. The fraction of sp³-hybridized carbons (Fsp3) is 0.214. The molecule has 0 saturated heterocycles. The molecule has 0 aliphatic carbocycles. The zero-order valence-corrected chi connectivity index (χ0v) is 22.4. The topological polar surface area (TPSA) is 106 Å². The lowest BCUT2D eigenvalue weighted by molar-refractivity contribution is -0.117. The second-order valence-electron chi connectivity index (χ2n) is 8.62. The number of carbonyl (C=O) groups is 2. The number of hydrogen-bond donors (Lipinski definition) is 1. The summed E-state index contributed by atoms with van der Waals surface area (Å²) in [6, 6.07) is 19.4. The Morgan fingerprint density at radius 1 is 1.11 bits per heavy atom. The number of aryl methyl sites for hydroxylation is 1. The highest BCUT2D eigenvalue weighted by Crippen LogP contribution is 2.44. The molecule has 1 atom stereocenters. The average Bonchev–Trinajstić information content (AvgIpc) is 3.65. The van der Waals surface area contributed by atoms with E-state index in [1.54, 1.807) is 37.3 Å². The third kappa shape index (κ3) is 5.23. The Morgan fingerprint density at radius 3 is 2.55 bits per heavy atom. The maximum atomic E-state index is 13.5. The largest absolute Gasteiger partial charge is 0.503 e. The van der Waals surface area contributed by atoms with Gasteiger partial charge in [0.15, 0.2) is 15.9 Å². The molecule has 10 heteroatoms. The summed E-state index contributed by atoms with van der Waals surface area (Å²) in [4.78, 5) is 28.2. The van der Waals surface area contributed by atoms with Crippen LogP contribution in [0.1, 0.15) is 46.8 Å². The number of ether oxygens (including phenoxy) is 1. The van der Waals surface area contributed by atoms with Crippen LogP contribution in [0.2, 0.25) is 0 Å². The van der Waals surface area contributed by atoms with Gasteiger partial charge in [0.05, 0.1) is 18.2 Å². The molecule has 0 saturated carbocycles. The van der Waals surface area contributed by atoms with Crippen LogP contribution >= 0.6 is 23.1 Å². The normalized spacial score (nSPS) is 15.4. The lowest BCUT2D eigenvalue weighted by atomic mass is 9.95. The first-order valence-corrected chi connectivity index (χ1v) is 13.9. The molecule has 194 valence electrons. The number of aliphatic hydroxyl groups excluding tert-OH is 1. The van der Waals surface area contributed by atoms with Crippen LogP contribution in [0, 0.1) is 6.92 Å². The molecule has 1 amide bonds. The van der Waals surface area contributed by atoms with E-state index in [1.807, 2.05) is 37.3 Å². The van der Waals surface area contributed by atoms with E-state index in [-0.39, 0.29) is 16.5 Å². The van der Waals surface area contributed by atoms with E-state index in [2.05, 4.69) is 10.2 Å². The molecular formula is C28H25N3O5S2. The van der Waals surface area contributed by atoms with Crippen molar-refractivity contribution in [2.24, 2.45) is 0 Å². The zero-order valence-electron chi connectivity index (χ0n) is 20.8. The molecule has 1 aliphatic heterocycles. The van der Waals surface area contributed by atoms with Gasteiger partial charge in [0.1, 0.15) is 11.5 Å². The van der Waals surface area contributed by atoms with Crippen LogP contribution in [0.25, 0.3) is 0 Å². The molecule has 5 rings (SSSR count). The van der Waals surface area contributed by atoms with Crippen molar-refractivity contribution in [1.29, 1.82) is 0 Å². The lowest BCUT2D eigenvalue weighted by Gasteiger charge is -2.24. The molecule has 0 radical (unpaired) electrons. The SMILES string of the molecule is CCCOc1ccc(C2C(C(=O)c3ccc(C)o3)=C(O)C(=O)N2c2nnc(SCc3ccccc3)s2)cc1. The van der Waals surface area contributed by atoms with Crippen molar-refractivity contribution in [1.82, 2.24) is 10.2 Å². The maximum absolute atomic E-state index is 13.5. The van der Waals surface area contributed by atoms with Crippen molar-refractivity contribution >= 4 is 39.9 Å². The number of Topliss-reactive ketones (excluding diaryl/α,β-unsaturated/α-hetero) is 1. The van der Waals surface area contributed by atoms with Gasteiger partial charge in [0.25, 0.3) is 5.91 Å². The summed E-state index contributed by atoms with van der Waals surface area (Å²) < 4.78 is 11.9. The van der Waals surface area contributed by atoms with Gasteiger partial charge >= 0.3 is 0 Å². The first-order chi connectivity index (χ1) is 18.5. The monoisotopic (exact) mass is 547 g/mol. The Labute approximate surface area is 228 Å². The van der Waals surface area contributed by atoms with Crippen molar-refractivity contribution in [3.8, 4) is 5.75 Å². The summed E-state index contributed by atoms with van der Waals surface area (Å²) in [6.07, 6.45) is 0.867. The Morgan fingerprint density at radius 2 is 1.87 bits per heavy atom. The molecule has 3 heterocycles. The van der Waals surface area contributed by atoms with Crippen LogP contribution in [-0.4, -0.2) is 33.6 Å². The summed E-state index contributed by atoms with van der Waals surface area (Å²) in [5, 5.41) is 19.7. The van der Waals surface area contributed by atoms with Gasteiger partial charge in [-0.05, 0) is 48.7 Å². The van der Waals surface area contributed by atoms with Crippen molar-refractivity contribution in [3.63, 3.8) is 0 Å². The third-order valence-corrected chi connectivity index (χ3v) is 8.02. The first kappa shape index (κ1) is 25.7. The smallest absolute Gasteiger partial charge is 0.296 e. The number of furan rings is 1. The van der Waals surface area contributed by atoms with E-state index in [4.69, 9.17) is 9.15 Å². The van der Waals surface area contributed by atoms with Gasteiger partial charge in [-0.2, -0.15) is 0 Å². The van der Waals surface area contributed by atoms with Crippen LogP contribution in [0.3, 0.4) is 0 Å². The van der Waals surface area contributed by atoms with Crippen LogP contribution in [-0.2, 0) is 10.5 Å². The number of ketones is 1. The molecule has 0 fully saturated rings. The van der Waals surface area contributed by atoms with Crippen LogP contribution < -0.4 is 9.64 Å². The summed E-state index contributed by atoms with van der Waals surface area (Å²) in [6.45, 7) is 4.32. The van der Waals surface area contributed by atoms with Crippen molar-refractivity contribution < 1.29 is 23.8 Å². The second-order valence-corrected chi connectivity index (χ2v) is 10.8. The number of amides is 1. The number of anilines is 1. The molecule has 38 heavy (non-hydrogen) atoms. The van der Waals surface area contributed by atoms with Gasteiger partial charge in [-0.25, -0.2) is 0 Å². The number of thioether (sulfide) groups is 1. The minimum atomic E-state index is -0.916. The molecule has 1 aliphatic rings. The average molecular weight is 548 g/mol. The predicted molar refractivity (Wildman–Crippen MR) is 146 cm³/mol. The standard InChI is InChI=1S/C28H25N3O5S2/c1-3-15-35-20-12-10-19(11-13-20)23-22(24(32)21-14-9-17(2)36-21)25(33)26(34)31(23)27-29-30-28(38-27)37-16-18-7-5-4-6-8-18/h4-14,23,33H,3,15-16H2,1-2H3. The van der Waals surface area contributed by atoms with Gasteiger partial charge in [-0.15, -0.1) is 10.2 Å². The number of benzene rings is 2. The number of aromatic nitrogens is 2. The second kappa shape index (κ2) is 11.2. The Kier molecular flexibility index (Phi) is 7.62. The highest BCUT2D eigenvalue weighted by Gasteiger charge is 2.46. The Balaban J connectivity index is 1.49. The number of rotatable bonds is 10. The predicted octanol–water partition coefficient (Wildman–Crippen LogP) is 6.30. The van der Waals surface area contributed by atoms with Gasteiger partial charge in [0.2, 0.25) is 10.9 Å². The van der Waals surface area contributed by atoms with Crippen molar-refractivity contribution in [2.75, 3.05) is 11.5 Å². The Hall–Kier alpha value is -3.89. The van der Waals surface area contributed by atoms with Gasteiger partial charge in [-0.3, -0.25) is 14.5 Å². The molecule has 0 spiro atoms. The quantitative estimate of drug-likeness (QED) is 0.140. The molecule has 2 aromatic heterocycles. The molecule has 8 nitrogen and oxygen atoms in total. The number of carbonyl (C=O) groups excluding carboxylic acids is 2. The van der Waals surface area contributed by atoms with Gasteiger partial charge in [-0.1, -0.05) is 72.5 Å². The Bertz CT molecular complexity index is 1480. The van der Waals surface area contributed by atoms with E-state index in [0.717, 1.165) is 12.0 Å². The van der Waals surface area contributed by atoms with E-state index >= 15 is 0 Å². The summed E-state index contributed by atoms with van der Waals surface area (Å²) >= 11 is 2.73. The van der Waals surface area contributed by atoms with Crippen molar-refractivity contribution in [2.45, 2.75) is 36.4 Å². The molecule has 1 N–H and O–H groups in total. The van der Waals surface area contributed by atoms with Crippen molar-refractivity contribution in [3.05, 3.63) is 101 Å². The minimum Gasteiger partial charge on any atom is -0.503 e. The zero-order chi connectivity index (χ0) is 26.6. The molecular weight excluding hydrogens is 522 g/mol. The van der Waals surface area contributed by atoms with Crippen LogP contribution in [0.4, 0.5) is 5.13 Å². The lowest BCUT2D eigenvalue weighted by Crippen LogP contribution is -2.31. The molecule has 2 aromatic carbocycles. The number of nitrogens with zero attached hydrogens (tertiary/aromatic N) is 3. The number of aliphatic hydroxyl groups is 1. The highest BCUT2D eigenvalue weighted by molar-refractivity contribution is 8.00.